The Hall–Kier alpha value is -3.38. The predicted molar refractivity (Wildman–Crippen MR) is 121 cm³/mol. The molecule has 30 heavy (non-hydrogen) atoms. The zero-order chi connectivity index (χ0) is 21.1. The van der Waals surface area contributed by atoms with Gasteiger partial charge in [-0.2, -0.15) is 0 Å². The fourth-order valence-corrected chi connectivity index (χ4v) is 4.34. The lowest BCUT2D eigenvalue weighted by molar-refractivity contribution is -0.115. The number of thioether (sulfide) groups is 1. The zero-order valence-corrected chi connectivity index (χ0v) is 17.5. The molecule has 0 saturated heterocycles. The summed E-state index contributed by atoms with van der Waals surface area (Å²) in [6.45, 7) is 1.51. The van der Waals surface area contributed by atoms with E-state index in [-0.39, 0.29) is 11.7 Å². The average molecular weight is 416 g/mol. The molecule has 1 unspecified atom stereocenters. The minimum atomic E-state index is -0.498. The molecule has 5 nitrogen and oxygen atoms in total. The van der Waals surface area contributed by atoms with Crippen LogP contribution in [0.15, 0.2) is 84.0 Å². The number of fused-ring (bicyclic) bond motifs is 1. The second-order valence-corrected chi connectivity index (χ2v) is 8.05. The molecular formula is C24H21N3O2S. The van der Waals surface area contributed by atoms with Crippen molar-refractivity contribution >= 4 is 40.2 Å². The van der Waals surface area contributed by atoms with Crippen LogP contribution >= 0.6 is 11.8 Å². The Morgan fingerprint density at radius 3 is 2.43 bits per heavy atom. The van der Waals surface area contributed by atoms with Crippen LogP contribution in [-0.4, -0.2) is 21.2 Å². The van der Waals surface area contributed by atoms with Crippen molar-refractivity contribution in [1.29, 1.82) is 0 Å². The second-order valence-electron chi connectivity index (χ2n) is 6.98. The van der Waals surface area contributed by atoms with E-state index in [0.29, 0.717) is 11.3 Å². The normalized spacial score (nSPS) is 11.9. The molecule has 1 heterocycles. The van der Waals surface area contributed by atoms with Gasteiger partial charge in [-0.1, -0.05) is 66.4 Å². The maximum Gasteiger partial charge on any atom is 0.242 e. The maximum atomic E-state index is 13.3. The highest BCUT2D eigenvalue weighted by Crippen LogP contribution is 2.36. The van der Waals surface area contributed by atoms with E-state index in [2.05, 4.69) is 5.32 Å². The third kappa shape index (κ3) is 4.14. The molecule has 1 aromatic heterocycles. The molecule has 3 aromatic carbocycles. The molecule has 1 amide bonds. The van der Waals surface area contributed by atoms with E-state index in [1.54, 1.807) is 24.3 Å². The van der Waals surface area contributed by atoms with Gasteiger partial charge < -0.3 is 9.88 Å². The third-order valence-corrected chi connectivity index (χ3v) is 6.14. The van der Waals surface area contributed by atoms with Crippen molar-refractivity contribution in [1.82, 2.24) is 9.55 Å². The van der Waals surface area contributed by atoms with Crippen LogP contribution in [0.3, 0.4) is 0 Å². The molecule has 0 aliphatic carbocycles. The molecule has 150 valence electrons. The summed E-state index contributed by atoms with van der Waals surface area (Å²) in [6, 6.07) is 24.5. The Balaban J connectivity index is 1.66. The van der Waals surface area contributed by atoms with E-state index in [9.17, 15) is 9.59 Å². The van der Waals surface area contributed by atoms with Crippen molar-refractivity contribution in [2.75, 3.05) is 5.32 Å². The van der Waals surface area contributed by atoms with Gasteiger partial charge in [0.2, 0.25) is 5.91 Å². The number of anilines is 1. The summed E-state index contributed by atoms with van der Waals surface area (Å²) in [5.74, 6) is -0.209. The number of rotatable bonds is 6. The van der Waals surface area contributed by atoms with Crippen molar-refractivity contribution in [3.8, 4) is 0 Å². The number of para-hydroxylation sites is 2. The van der Waals surface area contributed by atoms with E-state index in [1.807, 2.05) is 66.2 Å². The number of nitrogens with zero attached hydrogens (tertiary/aromatic N) is 2. The molecule has 4 aromatic rings. The number of hydrogen-bond donors (Lipinski definition) is 1. The van der Waals surface area contributed by atoms with E-state index < -0.39 is 5.25 Å². The van der Waals surface area contributed by atoms with Crippen LogP contribution in [0.2, 0.25) is 0 Å². The van der Waals surface area contributed by atoms with Gasteiger partial charge in [0, 0.05) is 18.3 Å². The smallest absolute Gasteiger partial charge is 0.242 e. The quantitative estimate of drug-likeness (QED) is 0.345. The van der Waals surface area contributed by atoms with Crippen molar-refractivity contribution in [3.05, 3.63) is 90.0 Å². The van der Waals surface area contributed by atoms with Gasteiger partial charge in [0.15, 0.2) is 10.9 Å². The fourth-order valence-electron chi connectivity index (χ4n) is 3.26. The molecule has 0 spiro atoms. The number of imidazole rings is 1. The third-order valence-electron chi connectivity index (χ3n) is 4.85. The highest BCUT2D eigenvalue weighted by Gasteiger charge is 2.25. The Morgan fingerprint density at radius 2 is 1.70 bits per heavy atom. The largest absolute Gasteiger partial charge is 0.325 e. The van der Waals surface area contributed by atoms with Crippen molar-refractivity contribution in [2.24, 2.45) is 7.05 Å². The van der Waals surface area contributed by atoms with Crippen LogP contribution in [0.25, 0.3) is 11.0 Å². The first-order chi connectivity index (χ1) is 14.5. The second kappa shape index (κ2) is 8.55. The van der Waals surface area contributed by atoms with Gasteiger partial charge in [0.05, 0.1) is 11.0 Å². The van der Waals surface area contributed by atoms with Crippen LogP contribution in [0.1, 0.15) is 28.1 Å². The minimum Gasteiger partial charge on any atom is -0.325 e. The number of aryl methyl sites for hydroxylation is 1. The van der Waals surface area contributed by atoms with Crippen LogP contribution < -0.4 is 5.32 Å². The van der Waals surface area contributed by atoms with Gasteiger partial charge in [0.25, 0.3) is 0 Å². The highest BCUT2D eigenvalue weighted by molar-refractivity contribution is 8.00. The number of nitrogens with one attached hydrogen (secondary N) is 1. The number of carbonyl (C=O) groups is 2. The van der Waals surface area contributed by atoms with Crippen LogP contribution in [0.5, 0.6) is 0 Å². The van der Waals surface area contributed by atoms with Crippen molar-refractivity contribution in [2.45, 2.75) is 17.3 Å². The van der Waals surface area contributed by atoms with E-state index in [1.165, 1.54) is 18.7 Å². The Labute approximate surface area is 179 Å². The molecule has 0 saturated carbocycles. The van der Waals surface area contributed by atoms with E-state index in [4.69, 9.17) is 4.98 Å². The number of hydrogen-bond acceptors (Lipinski definition) is 4. The van der Waals surface area contributed by atoms with Crippen LogP contribution in [0, 0.1) is 0 Å². The summed E-state index contributed by atoms with van der Waals surface area (Å²) in [4.78, 5) is 29.7. The molecule has 0 radical (unpaired) electrons. The zero-order valence-electron chi connectivity index (χ0n) is 16.7. The molecule has 0 aliphatic rings. The lowest BCUT2D eigenvalue weighted by Gasteiger charge is -2.17. The van der Waals surface area contributed by atoms with Gasteiger partial charge in [-0.3, -0.25) is 9.59 Å². The van der Waals surface area contributed by atoms with Crippen LogP contribution in [-0.2, 0) is 11.8 Å². The molecule has 0 aliphatic heterocycles. The average Bonchev–Trinajstić information content (AvgIpc) is 3.08. The topological polar surface area (TPSA) is 64.0 Å². The van der Waals surface area contributed by atoms with Gasteiger partial charge >= 0.3 is 0 Å². The van der Waals surface area contributed by atoms with E-state index in [0.717, 1.165) is 21.8 Å². The minimum absolute atomic E-state index is 0.0419. The summed E-state index contributed by atoms with van der Waals surface area (Å²) in [5, 5.41) is 3.22. The van der Waals surface area contributed by atoms with Crippen molar-refractivity contribution < 1.29 is 9.59 Å². The summed E-state index contributed by atoms with van der Waals surface area (Å²) >= 11 is 1.40. The molecular weight excluding hydrogens is 394 g/mol. The SMILES string of the molecule is CC(=O)c1cccc(NC(=O)C(Sc2nc3ccccc3n2C)c2ccccc2)c1. The lowest BCUT2D eigenvalue weighted by Crippen LogP contribution is -2.19. The Morgan fingerprint density at radius 1 is 0.967 bits per heavy atom. The van der Waals surface area contributed by atoms with Gasteiger partial charge in [-0.25, -0.2) is 4.98 Å². The summed E-state index contributed by atoms with van der Waals surface area (Å²) in [5.41, 5.74) is 3.95. The Kier molecular flexibility index (Phi) is 5.68. The number of Topliss-reactive ketones (excluding diaryl/α,β-unsaturated/α-hetero) is 1. The van der Waals surface area contributed by atoms with Crippen molar-refractivity contribution in [3.63, 3.8) is 0 Å². The molecule has 0 fully saturated rings. The van der Waals surface area contributed by atoms with Gasteiger partial charge in [0.1, 0.15) is 5.25 Å². The van der Waals surface area contributed by atoms with Crippen LogP contribution in [0.4, 0.5) is 5.69 Å². The number of benzene rings is 3. The number of ketones is 1. The first-order valence-corrected chi connectivity index (χ1v) is 10.5. The maximum absolute atomic E-state index is 13.3. The number of aromatic nitrogens is 2. The summed E-state index contributed by atoms with van der Waals surface area (Å²) in [6.07, 6.45) is 0. The summed E-state index contributed by atoms with van der Waals surface area (Å²) in [7, 11) is 1.95. The molecule has 0 bridgehead atoms. The monoisotopic (exact) mass is 415 g/mol. The Bertz CT molecular complexity index is 1220. The molecule has 6 heteroatoms. The van der Waals surface area contributed by atoms with E-state index >= 15 is 0 Å². The highest BCUT2D eigenvalue weighted by atomic mass is 32.2. The fraction of sp³-hybridized carbons (Fsp3) is 0.125. The standard InChI is InChI=1S/C24H21N3O2S/c1-16(28)18-11-8-12-19(15-18)25-23(29)22(17-9-4-3-5-10-17)30-24-26-20-13-6-7-14-21(20)27(24)2/h3-15,22H,1-2H3,(H,25,29). The molecule has 1 atom stereocenters. The lowest BCUT2D eigenvalue weighted by atomic mass is 10.1. The number of amides is 1. The molecule has 1 N–H and O–H groups in total. The van der Waals surface area contributed by atoms with Gasteiger partial charge in [-0.05, 0) is 36.8 Å². The first kappa shape index (κ1) is 19.9. The summed E-state index contributed by atoms with van der Waals surface area (Å²) < 4.78 is 2.00. The number of carbonyl (C=O) groups excluding carboxylic acids is 2. The predicted octanol–water partition coefficient (Wildman–Crippen LogP) is 5.25. The molecule has 4 rings (SSSR count). The first-order valence-electron chi connectivity index (χ1n) is 9.58. The van der Waals surface area contributed by atoms with Gasteiger partial charge in [-0.15, -0.1) is 0 Å².